The first-order valence-electron chi connectivity index (χ1n) is 5.82. The minimum atomic E-state index is -0.976. The number of methoxy groups -OCH3 is 1. The first-order chi connectivity index (χ1) is 8.49. The lowest BCUT2D eigenvalue weighted by atomic mass is 9.88. The molecule has 0 unspecified atom stereocenters. The summed E-state index contributed by atoms with van der Waals surface area (Å²) >= 11 is 0. The van der Waals surface area contributed by atoms with Gasteiger partial charge in [0.2, 0.25) is 0 Å². The van der Waals surface area contributed by atoms with Crippen molar-refractivity contribution in [1.82, 2.24) is 4.90 Å². The topological polar surface area (TPSA) is 96.3 Å². The molecule has 1 amide bonds. The maximum atomic E-state index is 10.9. The Morgan fingerprint density at radius 1 is 1.22 bits per heavy atom. The average molecular weight is 261 g/mol. The molecule has 0 radical (unpaired) electrons. The number of likely N-dealkylation sites (tertiary alicyclic amines) is 1. The summed E-state index contributed by atoms with van der Waals surface area (Å²) in [7, 11) is 1.54. The lowest BCUT2D eigenvalue weighted by Crippen LogP contribution is -2.49. The van der Waals surface area contributed by atoms with Crippen molar-refractivity contribution in [1.29, 1.82) is 0 Å². The van der Waals surface area contributed by atoms with E-state index in [1.165, 1.54) is 4.90 Å². The summed E-state index contributed by atoms with van der Waals surface area (Å²) in [6.07, 6.45) is -0.287. The van der Waals surface area contributed by atoms with Crippen LogP contribution in [0.5, 0.6) is 0 Å². The van der Waals surface area contributed by atoms with E-state index in [1.54, 1.807) is 7.11 Å². The minimum Gasteiger partial charge on any atom is -0.481 e. The fourth-order valence-electron chi connectivity index (χ4n) is 2.09. The Balaban J connectivity index is 2.57. The second kappa shape index (κ2) is 6.55. The molecule has 7 heteroatoms. The molecule has 104 valence electrons. The van der Waals surface area contributed by atoms with Gasteiger partial charge in [0.1, 0.15) is 0 Å². The largest absolute Gasteiger partial charge is 0.481 e. The lowest BCUT2D eigenvalue weighted by Gasteiger charge is -2.39. The average Bonchev–Trinajstić information content (AvgIpc) is 2.29. The van der Waals surface area contributed by atoms with Crippen LogP contribution < -0.4 is 0 Å². The Morgan fingerprint density at radius 2 is 1.83 bits per heavy atom. The molecule has 2 N–H and O–H groups in total. The summed E-state index contributed by atoms with van der Waals surface area (Å²) in [4.78, 5) is 23.0. The van der Waals surface area contributed by atoms with Crippen molar-refractivity contribution in [3.8, 4) is 0 Å². The number of carboxylic acids is 1. The van der Waals surface area contributed by atoms with Crippen LogP contribution in [-0.2, 0) is 14.3 Å². The Bertz CT molecular complexity index is 298. The summed E-state index contributed by atoms with van der Waals surface area (Å²) in [5.41, 5.74) is -0.768. The third-order valence-electron chi connectivity index (χ3n) is 3.11. The molecule has 1 aliphatic rings. The maximum Gasteiger partial charge on any atom is 0.407 e. The quantitative estimate of drug-likeness (QED) is 0.681. The van der Waals surface area contributed by atoms with Crippen molar-refractivity contribution in [2.24, 2.45) is 0 Å². The monoisotopic (exact) mass is 261 g/mol. The van der Waals surface area contributed by atoms with Crippen LogP contribution in [-0.4, -0.2) is 66.2 Å². The Kier molecular flexibility index (Phi) is 5.36. The highest BCUT2D eigenvalue weighted by molar-refractivity contribution is 5.68. The maximum absolute atomic E-state index is 10.9. The Labute approximate surface area is 105 Å². The standard InChI is InChI=1S/C11H19NO6/c1-17-6-7-18-11(8-9(13)14)2-4-12(5-3-11)10(15)16/h2-8H2,1H3,(H,13,14)(H,15,16). The zero-order chi connectivity index (χ0) is 13.6. The molecule has 1 saturated heterocycles. The van der Waals surface area contributed by atoms with Crippen LogP contribution in [0.15, 0.2) is 0 Å². The van der Waals surface area contributed by atoms with Crippen LogP contribution in [0, 0.1) is 0 Å². The zero-order valence-corrected chi connectivity index (χ0v) is 10.4. The number of nitrogens with zero attached hydrogens (tertiary/aromatic N) is 1. The number of amides is 1. The Hall–Kier alpha value is -1.34. The van der Waals surface area contributed by atoms with Crippen LogP contribution in [0.1, 0.15) is 19.3 Å². The van der Waals surface area contributed by atoms with Gasteiger partial charge in [0.25, 0.3) is 0 Å². The van der Waals surface area contributed by atoms with Gasteiger partial charge in [0.05, 0.1) is 25.2 Å². The highest BCUT2D eigenvalue weighted by Crippen LogP contribution is 2.30. The van der Waals surface area contributed by atoms with Gasteiger partial charge in [-0.2, -0.15) is 0 Å². The SMILES string of the molecule is COCCOC1(CC(=O)O)CCN(C(=O)O)CC1. The second-order valence-electron chi connectivity index (χ2n) is 4.36. The number of aliphatic carboxylic acids is 1. The first kappa shape index (κ1) is 14.7. The van der Waals surface area contributed by atoms with Gasteiger partial charge in [-0.1, -0.05) is 0 Å². The van der Waals surface area contributed by atoms with E-state index in [9.17, 15) is 9.59 Å². The van der Waals surface area contributed by atoms with Crippen LogP contribution >= 0.6 is 0 Å². The van der Waals surface area contributed by atoms with Crippen LogP contribution in [0.4, 0.5) is 4.79 Å². The van der Waals surface area contributed by atoms with E-state index >= 15 is 0 Å². The molecule has 0 spiro atoms. The van der Waals surface area contributed by atoms with E-state index < -0.39 is 17.7 Å². The van der Waals surface area contributed by atoms with Gasteiger partial charge in [-0.15, -0.1) is 0 Å². The van der Waals surface area contributed by atoms with Crippen molar-refractivity contribution in [2.75, 3.05) is 33.4 Å². The number of piperidine rings is 1. The Morgan fingerprint density at radius 3 is 2.28 bits per heavy atom. The molecule has 0 saturated carbocycles. The van der Waals surface area contributed by atoms with E-state index in [4.69, 9.17) is 19.7 Å². The van der Waals surface area contributed by atoms with Crippen molar-refractivity contribution < 1.29 is 29.3 Å². The molecule has 1 rings (SSSR count). The molecular formula is C11H19NO6. The van der Waals surface area contributed by atoms with Gasteiger partial charge in [0.15, 0.2) is 0 Å². The van der Waals surface area contributed by atoms with Gasteiger partial charge in [-0.05, 0) is 12.8 Å². The zero-order valence-electron chi connectivity index (χ0n) is 10.4. The molecule has 0 aromatic rings. The lowest BCUT2D eigenvalue weighted by molar-refractivity contribution is -0.151. The van der Waals surface area contributed by atoms with Gasteiger partial charge >= 0.3 is 12.1 Å². The van der Waals surface area contributed by atoms with E-state index in [2.05, 4.69) is 0 Å². The van der Waals surface area contributed by atoms with E-state index in [-0.39, 0.29) is 6.42 Å². The third kappa shape index (κ3) is 4.15. The predicted octanol–water partition coefficient (Wildman–Crippen LogP) is 0.637. The molecule has 0 aromatic carbocycles. The van der Waals surface area contributed by atoms with E-state index in [0.717, 1.165) is 0 Å². The van der Waals surface area contributed by atoms with Crippen molar-refractivity contribution in [3.63, 3.8) is 0 Å². The normalized spacial score (nSPS) is 18.6. The summed E-state index contributed by atoms with van der Waals surface area (Å²) in [5.74, 6) is -0.934. The molecule has 18 heavy (non-hydrogen) atoms. The van der Waals surface area contributed by atoms with Gasteiger partial charge in [-0.25, -0.2) is 4.79 Å². The van der Waals surface area contributed by atoms with Crippen LogP contribution in [0.2, 0.25) is 0 Å². The fourth-order valence-corrected chi connectivity index (χ4v) is 2.09. The van der Waals surface area contributed by atoms with Gasteiger partial charge in [0, 0.05) is 20.2 Å². The third-order valence-corrected chi connectivity index (χ3v) is 3.11. The number of hydrogen-bond acceptors (Lipinski definition) is 4. The molecule has 0 aliphatic carbocycles. The molecule has 1 fully saturated rings. The molecule has 0 aromatic heterocycles. The molecule has 1 aliphatic heterocycles. The molecular weight excluding hydrogens is 242 g/mol. The number of ether oxygens (including phenoxy) is 2. The fraction of sp³-hybridized carbons (Fsp3) is 0.818. The summed E-state index contributed by atoms with van der Waals surface area (Å²) in [6.45, 7) is 1.31. The smallest absolute Gasteiger partial charge is 0.407 e. The first-order valence-corrected chi connectivity index (χ1v) is 5.82. The minimum absolute atomic E-state index is 0.107. The van der Waals surface area contributed by atoms with Gasteiger partial charge in [-0.3, -0.25) is 4.79 Å². The van der Waals surface area contributed by atoms with E-state index in [1.807, 2.05) is 0 Å². The number of hydrogen-bond donors (Lipinski definition) is 2. The summed E-state index contributed by atoms with van der Waals surface area (Å²) in [5, 5.41) is 17.8. The highest BCUT2D eigenvalue weighted by atomic mass is 16.5. The van der Waals surface area contributed by atoms with Crippen molar-refractivity contribution >= 4 is 12.1 Å². The van der Waals surface area contributed by atoms with Crippen LogP contribution in [0.25, 0.3) is 0 Å². The summed E-state index contributed by atoms with van der Waals surface area (Å²) in [6, 6.07) is 0. The number of carbonyl (C=O) groups is 2. The number of rotatable bonds is 6. The summed E-state index contributed by atoms with van der Waals surface area (Å²) < 4.78 is 10.5. The molecule has 7 nitrogen and oxygen atoms in total. The number of carboxylic acid groups (broad SMARTS) is 2. The van der Waals surface area contributed by atoms with Crippen molar-refractivity contribution in [3.05, 3.63) is 0 Å². The molecule has 0 atom stereocenters. The molecule has 0 bridgehead atoms. The predicted molar refractivity (Wildman–Crippen MR) is 61.6 cm³/mol. The van der Waals surface area contributed by atoms with Gasteiger partial charge < -0.3 is 24.6 Å². The second-order valence-corrected chi connectivity index (χ2v) is 4.36. The van der Waals surface area contributed by atoms with Crippen LogP contribution in [0.3, 0.4) is 0 Å². The van der Waals surface area contributed by atoms with E-state index in [0.29, 0.717) is 39.1 Å². The highest BCUT2D eigenvalue weighted by Gasteiger charge is 2.38. The molecule has 1 heterocycles. The van der Waals surface area contributed by atoms with Crippen molar-refractivity contribution in [2.45, 2.75) is 24.9 Å².